The summed E-state index contributed by atoms with van der Waals surface area (Å²) in [6.45, 7) is 2.14. The number of rotatable bonds is 4. The fraction of sp³-hybridized carbons (Fsp3) is 0.143. The molecule has 0 fully saturated rings. The molecule has 24 heavy (non-hydrogen) atoms. The molecule has 3 aromatic rings. The SMILES string of the molecule is COc1ccc(C(C#C[Se]c2ccccc2)c2ccc(C)s2)cc1. The van der Waals surface area contributed by atoms with E-state index in [1.54, 1.807) is 7.11 Å². The first-order chi connectivity index (χ1) is 11.8. The van der Waals surface area contributed by atoms with Crippen LogP contribution in [0.1, 0.15) is 21.2 Å². The Balaban J connectivity index is 1.87. The second kappa shape index (κ2) is 8.22. The molecule has 2 aromatic carbocycles. The summed E-state index contributed by atoms with van der Waals surface area (Å²) in [5.74, 6) is 4.50. The van der Waals surface area contributed by atoms with Gasteiger partial charge in [-0.3, -0.25) is 0 Å². The van der Waals surface area contributed by atoms with E-state index in [-0.39, 0.29) is 20.9 Å². The summed E-state index contributed by atoms with van der Waals surface area (Å²) in [5.41, 5.74) is 1.22. The van der Waals surface area contributed by atoms with E-state index < -0.39 is 0 Å². The van der Waals surface area contributed by atoms with Crippen LogP contribution in [0.2, 0.25) is 0 Å². The quantitative estimate of drug-likeness (QED) is 0.474. The minimum absolute atomic E-state index is 0.125. The van der Waals surface area contributed by atoms with E-state index in [2.05, 4.69) is 66.2 Å². The second-order valence-corrected chi connectivity index (χ2v) is 8.48. The molecule has 0 aliphatic heterocycles. The van der Waals surface area contributed by atoms with Gasteiger partial charge >= 0.3 is 154 Å². The monoisotopic (exact) mass is 398 g/mol. The zero-order valence-corrected chi connectivity index (χ0v) is 16.2. The Kier molecular flexibility index (Phi) is 5.77. The van der Waals surface area contributed by atoms with Gasteiger partial charge < -0.3 is 0 Å². The molecule has 0 radical (unpaired) electrons. The Labute approximate surface area is 153 Å². The van der Waals surface area contributed by atoms with Crippen molar-refractivity contribution >= 4 is 30.8 Å². The van der Waals surface area contributed by atoms with Gasteiger partial charge in [0.05, 0.1) is 0 Å². The second-order valence-electron chi connectivity index (χ2n) is 5.32. The van der Waals surface area contributed by atoms with Crippen molar-refractivity contribution in [2.75, 3.05) is 7.11 Å². The molecule has 3 rings (SSSR count). The number of methoxy groups -OCH3 is 1. The van der Waals surface area contributed by atoms with Gasteiger partial charge in [-0.1, -0.05) is 0 Å². The van der Waals surface area contributed by atoms with Crippen molar-refractivity contribution in [3.63, 3.8) is 0 Å². The van der Waals surface area contributed by atoms with Gasteiger partial charge in [0, 0.05) is 0 Å². The van der Waals surface area contributed by atoms with E-state index in [1.165, 1.54) is 19.8 Å². The standard InChI is InChI=1S/C21H18OSSe/c1-16-8-13-21(23-16)20(17-9-11-18(22-2)12-10-17)14-15-24-19-6-4-3-5-7-19/h3-13,20H,1-2H3. The number of benzene rings is 2. The molecule has 1 aromatic heterocycles. The maximum atomic E-state index is 5.27. The third-order valence-electron chi connectivity index (χ3n) is 3.61. The summed E-state index contributed by atoms with van der Waals surface area (Å²) in [5, 5.41) is 0. The van der Waals surface area contributed by atoms with Crippen LogP contribution >= 0.6 is 11.3 Å². The first-order valence-corrected chi connectivity index (χ1v) is 10.2. The van der Waals surface area contributed by atoms with Gasteiger partial charge in [-0.25, -0.2) is 0 Å². The van der Waals surface area contributed by atoms with E-state index in [4.69, 9.17) is 4.74 Å². The molecule has 0 saturated heterocycles. The normalized spacial score (nSPS) is 11.4. The molecule has 0 N–H and O–H groups in total. The first kappa shape index (κ1) is 16.9. The molecular weight excluding hydrogens is 379 g/mol. The van der Waals surface area contributed by atoms with Gasteiger partial charge in [0.1, 0.15) is 0 Å². The van der Waals surface area contributed by atoms with Crippen LogP contribution in [0, 0.1) is 17.7 Å². The van der Waals surface area contributed by atoms with Crippen molar-refractivity contribution in [3.8, 4) is 16.5 Å². The summed E-state index contributed by atoms with van der Waals surface area (Å²) in [4.78, 5) is 6.04. The van der Waals surface area contributed by atoms with Gasteiger partial charge in [0.15, 0.2) is 0 Å². The zero-order valence-electron chi connectivity index (χ0n) is 13.7. The minimum atomic E-state index is 0.125. The van der Waals surface area contributed by atoms with Crippen LogP contribution in [-0.4, -0.2) is 22.1 Å². The van der Waals surface area contributed by atoms with Gasteiger partial charge in [-0.05, 0) is 0 Å². The van der Waals surface area contributed by atoms with Crippen LogP contribution in [0.15, 0.2) is 66.7 Å². The molecule has 0 aliphatic carbocycles. The van der Waals surface area contributed by atoms with E-state index in [9.17, 15) is 0 Å². The van der Waals surface area contributed by atoms with Gasteiger partial charge in [0.2, 0.25) is 0 Å². The summed E-state index contributed by atoms with van der Waals surface area (Å²) < 4.78 is 6.58. The van der Waals surface area contributed by atoms with E-state index in [0.29, 0.717) is 0 Å². The Morgan fingerprint density at radius 1 is 0.958 bits per heavy atom. The number of ether oxygens (including phenoxy) is 1. The van der Waals surface area contributed by atoms with Gasteiger partial charge in [0.25, 0.3) is 0 Å². The third kappa shape index (κ3) is 4.30. The van der Waals surface area contributed by atoms with Crippen LogP contribution < -0.4 is 9.20 Å². The predicted octanol–water partition coefficient (Wildman–Crippen LogP) is 4.19. The summed E-state index contributed by atoms with van der Waals surface area (Å²) in [6, 6.07) is 23.1. The van der Waals surface area contributed by atoms with Crippen molar-refractivity contribution in [1.82, 2.24) is 0 Å². The van der Waals surface area contributed by atoms with E-state index in [0.717, 1.165) is 5.75 Å². The van der Waals surface area contributed by atoms with Crippen molar-refractivity contribution < 1.29 is 4.74 Å². The van der Waals surface area contributed by atoms with Crippen molar-refractivity contribution in [2.45, 2.75) is 12.8 Å². The summed E-state index contributed by atoms with van der Waals surface area (Å²) in [7, 11) is 1.69. The molecule has 3 heteroatoms. The van der Waals surface area contributed by atoms with Crippen LogP contribution in [0.25, 0.3) is 0 Å². The van der Waals surface area contributed by atoms with Crippen LogP contribution in [0.5, 0.6) is 5.75 Å². The van der Waals surface area contributed by atoms with E-state index in [1.807, 2.05) is 29.5 Å². The molecule has 1 nitrogen and oxygen atoms in total. The summed E-state index contributed by atoms with van der Waals surface area (Å²) in [6.07, 6.45) is 0. The predicted molar refractivity (Wildman–Crippen MR) is 103 cm³/mol. The third-order valence-corrected chi connectivity index (χ3v) is 6.20. The zero-order chi connectivity index (χ0) is 16.8. The molecule has 0 bridgehead atoms. The molecule has 0 aliphatic rings. The van der Waals surface area contributed by atoms with Crippen LogP contribution in [-0.2, 0) is 0 Å². The van der Waals surface area contributed by atoms with Crippen molar-refractivity contribution in [2.24, 2.45) is 0 Å². The molecule has 1 atom stereocenters. The topological polar surface area (TPSA) is 9.23 Å². The van der Waals surface area contributed by atoms with Gasteiger partial charge in [-0.2, -0.15) is 0 Å². The Bertz CT molecular complexity index is 841. The maximum absolute atomic E-state index is 5.27. The molecule has 1 heterocycles. The van der Waals surface area contributed by atoms with E-state index >= 15 is 0 Å². The molecule has 1 unspecified atom stereocenters. The fourth-order valence-electron chi connectivity index (χ4n) is 2.36. The molecule has 120 valence electrons. The van der Waals surface area contributed by atoms with Crippen molar-refractivity contribution in [1.29, 1.82) is 0 Å². The molecule has 0 amide bonds. The summed E-state index contributed by atoms with van der Waals surface area (Å²) >= 11 is 2.00. The van der Waals surface area contributed by atoms with Crippen molar-refractivity contribution in [3.05, 3.63) is 82.0 Å². The number of hydrogen-bond acceptors (Lipinski definition) is 2. The molecular formula is C21H18OSSe. The molecule has 0 saturated carbocycles. The number of hydrogen-bond donors (Lipinski definition) is 0. The Morgan fingerprint density at radius 2 is 1.71 bits per heavy atom. The average molecular weight is 397 g/mol. The van der Waals surface area contributed by atoms with Crippen LogP contribution in [0.3, 0.4) is 0 Å². The first-order valence-electron chi connectivity index (χ1n) is 7.69. The van der Waals surface area contributed by atoms with Gasteiger partial charge in [-0.15, -0.1) is 0 Å². The Hall–Kier alpha value is -1.98. The molecule has 0 spiro atoms. The average Bonchev–Trinajstić information content (AvgIpc) is 3.06. The number of thiophene rings is 1. The number of aryl methyl sites for hydroxylation is 1. The Morgan fingerprint density at radius 3 is 2.33 bits per heavy atom. The fourth-order valence-corrected chi connectivity index (χ4v) is 4.55. The van der Waals surface area contributed by atoms with Crippen LogP contribution in [0.4, 0.5) is 0 Å².